The number of sulfonamides is 2. The van der Waals surface area contributed by atoms with E-state index in [-0.39, 0.29) is 22.1 Å². The van der Waals surface area contributed by atoms with Crippen LogP contribution in [0.4, 0.5) is 5.69 Å². The number of nitrogens with zero attached hydrogens (tertiary/aromatic N) is 1. The molecule has 0 bridgehead atoms. The minimum absolute atomic E-state index is 0.0448. The zero-order chi connectivity index (χ0) is 24.2. The lowest BCUT2D eigenvalue weighted by Crippen LogP contribution is -2.44. The van der Waals surface area contributed by atoms with Crippen LogP contribution in [0.1, 0.15) is 38.7 Å². The van der Waals surface area contributed by atoms with Gasteiger partial charge in [0.05, 0.1) is 9.79 Å². The van der Waals surface area contributed by atoms with E-state index in [4.69, 9.17) is 0 Å². The summed E-state index contributed by atoms with van der Waals surface area (Å²) in [6.07, 6.45) is 1.93. The summed E-state index contributed by atoms with van der Waals surface area (Å²) in [4.78, 5) is 13.2. The normalized spacial score (nSPS) is 16.1. The van der Waals surface area contributed by atoms with E-state index in [0.29, 0.717) is 18.8 Å². The fourth-order valence-electron chi connectivity index (χ4n) is 3.69. The molecule has 0 aliphatic carbocycles. The molecule has 1 amide bonds. The molecule has 1 unspecified atom stereocenters. The Kier molecular flexibility index (Phi) is 7.94. The Bertz CT molecular complexity index is 1190. The molecule has 1 aliphatic rings. The van der Waals surface area contributed by atoms with E-state index < -0.39 is 32.0 Å². The van der Waals surface area contributed by atoms with Gasteiger partial charge in [-0.2, -0.15) is 9.03 Å². The van der Waals surface area contributed by atoms with Crippen LogP contribution in [0.15, 0.2) is 58.3 Å². The van der Waals surface area contributed by atoms with E-state index >= 15 is 0 Å². The number of hydrogen-bond donors (Lipinski definition) is 2. The molecule has 1 fully saturated rings. The monoisotopic (exact) mass is 493 g/mol. The predicted molar refractivity (Wildman–Crippen MR) is 128 cm³/mol. The van der Waals surface area contributed by atoms with Crippen LogP contribution in [0.3, 0.4) is 0 Å². The van der Waals surface area contributed by atoms with Crippen LogP contribution in [0, 0.1) is 12.8 Å². The van der Waals surface area contributed by atoms with Crippen molar-refractivity contribution in [2.24, 2.45) is 5.92 Å². The molecule has 1 heterocycles. The number of benzene rings is 2. The fraction of sp³-hybridized carbons (Fsp3) is 0.435. The van der Waals surface area contributed by atoms with Crippen molar-refractivity contribution in [2.75, 3.05) is 18.4 Å². The second-order valence-electron chi connectivity index (χ2n) is 8.74. The van der Waals surface area contributed by atoms with Gasteiger partial charge in [-0.25, -0.2) is 16.8 Å². The maximum Gasteiger partial charge on any atom is 0.243 e. The number of rotatable bonds is 9. The SMILES string of the molecule is Cc1ccc(S(=O)(=O)NC(CC(C)C)C(=O)Nc2cccc(S(=O)(=O)N3CCCC3)c2)cc1. The van der Waals surface area contributed by atoms with Crippen molar-refractivity contribution in [2.45, 2.75) is 55.9 Å². The summed E-state index contributed by atoms with van der Waals surface area (Å²) in [5.41, 5.74) is 1.22. The number of amides is 1. The number of aryl methyl sites for hydroxylation is 1. The van der Waals surface area contributed by atoms with Crippen LogP contribution >= 0.6 is 0 Å². The highest BCUT2D eigenvalue weighted by molar-refractivity contribution is 7.89. The minimum Gasteiger partial charge on any atom is -0.325 e. The molecular weight excluding hydrogens is 462 g/mol. The first kappa shape index (κ1) is 25.4. The number of carbonyl (C=O) groups excluding carboxylic acids is 1. The van der Waals surface area contributed by atoms with Gasteiger partial charge in [-0.05, 0) is 62.4 Å². The van der Waals surface area contributed by atoms with Gasteiger partial charge in [0.25, 0.3) is 0 Å². The van der Waals surface area contributed by atoms with E-state index in [2.05, 4.69) is 10.0 Å². The van der Waals surface area contributed by atoms with Gasteiger partial charge in [0, 0.05) is 18.8 Å². The lowest BCUT2D eigenvalue weighted by Gasteiger charge is -2.21. The molecule has 1 aliphatic heterocycles. The Morgan fingerprint density at radius 1 is 0.970 bits per heavy atom. The highest BCUT2D eigenvalue weighted by Crippen LogP contribution is 2.23. The summed E-state index contributed by atoms with van der Waals surface area (Å²) in [7, 11) is -7.55. The van der Waals surface area contributed by atoms with Crippen LogP contribution in [-0.4, -0.2) is 46.2 Å². The molecule has 1 saturated heterocycles. The molecule has 8 nitrogen and oxygen atoms in total. The van der Waals surface area contributed by atoms with Crippen LogP contribution in [0.25, 0.3) is 0 Å². The third kappa shape index (κ3) is 6.41. The Hall–Kier alpha value is -2.27. The van der Waals surface area contributed by atoms with Gasteiger partial charge in [0.1, 0.15) is 6.04 Å². The average molecular weight is 494 g/mol. The number of nitrogens with one attached hydrogen (secondary N) is 2. The van der Waals surface area contributed by atoms with Crippen molar-refractivity contribution in [3.63, 3.8) is 0 Å². The highest BCUT2D eigenvalue weighted by Gasteiger charge is 2.29. The van der Waals surface area contributed by atoms with E-state index in [0.717, 1.165) is 18.4 Å². The van der Waals surface area contributed by atoms with E-state index in [1.54, 1.807) is 24.3 Å². The van der Waals surface area contributed by atoms with Gasteiger partial charge >= 0.3 is 0 Å². The molecule has 0 saturated carbocycles. The molecule has 2 N–H and O–H groups in total. The maximum atomic E-state index is 13.0. The summed E-state index contributed by atoms with van der Waals surface area (Å²) in [6.45, 7) is 6.61. The first-order valence-corrected chi connectivity index (χ1v) is 13.9. The average Bonchev–Trinajstić information content (AvgIpc) is 3.29. The smallest absolute Gasteiger partial charge is 0.243 e. The van der Waals surface area contributed by atoms with E-state index in [1.165, 1.54) is 28.6 Å². The van der Waals surface area contributed by atoms with Gasteiger partial charge in [-0.1, -0.05) is 37.6 Å². The summed E-state index contributed by atoms with van der Waals surface area (Å²) in [5, 5.41) is 2.68. The lowest BCUT2D eigenvalue weighted by molar-refractivity contribution is -0.118. The van der Waals surface area contributed by atoms with Gasteiger partial charge in [0.2, 0.25) is 26.0 Å². The molecule has 0 aromatic heterocycles. The molecule has 3 rings (SSSR count). The van der Waals surface area contributed by atoms with Gasteiger partial charge in [-0.3, -0.25) is 4.79 Å². The van der Waals surface area contributed by atoms with E-state index in [1.807, 2.05) is 20.8 Å². The summed E-state index contributed by atoms with van der Waals surface area (Å²) >= 11 is 0. The molecular formula is C23H31N3O5S2. The largest absolute Gasteiger partial charge is 0.325 e. The Balaban J connectivity index is 1.80. The van der Waals surface area contributed by atoms with Gasteiger partial charge < -0.3 is 5.32 Å². The van der Waals surface area contributed by atoms with Crippen molar-refractivity contribution in [3.8, 4) is 0 Å². The molecule has 0 spiro atoms. The summed E-state index contributed by atoms with van der Waals surface area (Å²) in [5.74, 6) is -0.501. The first-order chi connectivity index (χ1) is 15.5. The molecule has 2 aromatic rings. The van der Waals surface area contributed by atoms with Crippen LogP contribution in [0.2, 0.25) is 0 Å². The standard InChI is InChI=1S/C23H31N3O5S2/c1-17(2)15-22(25-32(28,29)20-11-9-18(3)10-12-20)23(27)24-19-7-6-8-21(16-19)33(30,31)26-13-4-5-14-26/h6-12,16-17,22,25H,4-5,13-15H2,1-3H3,(H,24,27). The fourth-order valence-corrected chi connectivity index (χ4v) is 6.47. The quantitative estimate of drug-likeness (QED) is 0.557. The maximum absolute atomic E-state index is 13.0. The molecule has 10 heteroatoms. The van der Waals surface area contributed by atoms with Crippen molar-refractivity contribution in [3.05, 3.63) is 54.1 Å². The molecule has 2 aromatic carbocycles. The Morgan fingerprint density at radius 3 is 2.21 bits per heavy atom. The second kappa shape index (κ2) is 10.3. The zero-order valence-electron chi connectivity index (χ0n) is 19.1. The van der Waals surface area contributed by atoms with Crippen molar-refractivity contribution < 1.29 is 21.6 Å². The zero-order valence-corrected chi connectivity index (χ0v) is 20.7. The van der Waals surface area contributed by atoms with Crippen molar-refractivity contribution >= 4 is 31.6 Å². The molecule has 33 heavy (non-hydrogen) atoms. The number of anilines is 1. The topological polar surface area (TPSA) is 113 Å². The van der Waals surface area contributed by atoms with Crippen molar-refractivity contribution in [1.82, 2.24) is 9.03 Å². The Labute approximate surface area is 196 Å². The third-order valence-electron chi connectivity index (χ3n) is 5.46. The molecule has 180 valence electrons. The van der Waals surface area contributed by atoms with Crippen LogP contribution in [-0.2, 0) is 24.8 Å². The summed E-state index contributed by atoms with van der Waals surface area (Å²) in [6, 6.07) is 11.4. The minimum atomic E-state index is -3.92. The van der Waals surface area contributed by atoms with Gasteiger partial charge in [0.15, 0.2) is 0 Å². The predicted octanol–water partition coefficient (Wildman–Crippen LogP) is 3.11. The second-order valence-corrected chi connectivity index (χ2v) is 12.4. The Morgan fingerprint density at radius 2 is 1.61 bits per heavy atom. The first-order valence-electron chi connectivity index (χ1n) is 11.0. The molecule has 0 radical (unpaired) electrons. The van der Waals surface area contributed by atoms with Crippen molar-refractivity contribution in [1.29, 1.82) is 0 Å². The number of hydrogen-bond acceptors (Lipinski definition) is 5. The summed E-state index contributed by atoms with van der Waals surface area (Å²) < 4.78 is 55.3. The van der Waals surface area contributed by atoms with E-state index in [9.17, 15) is 21.6 Å². The lowest BCUT2D eigenvalue weighted by atomic mass is 10.0. The van der Waals surface area contributed by atoms with Gasteiger partial charge in [-0.15, -0.1) is 0 Å². The van der Waals surface area contributed by atoms with Crippen LogP contribution in [0.5, 0.6) is 0 Å². The third-order valence-corrected chi connectivity index (χ3v) is 8.84. The number of carbonyl (C=O) groups is 1. The highest BCUT2D eigenvalue weighted by atomic mass is 32.2. The molecule has 1 atom stereocenters. The van der Waals surface area contributed by atoms with Crippen LogP contribution < -0.4 is 10.0 Å².